The molecule has 1 unspecified atom stereocenters. The van der Waals surface area contributed by atoms with Gasteiger partial charge in [-0.3, -0.25) is 0 Å². The molecule has 1 atom stereocenters. The summed E-state index contributed by atoms with van der Waals surface area (Å²) in [6, 6.07) is 1.27. The minimum Gasteiger partial charge on any atom is -0.478 e. The number of halogens is 1. The van der Waals surface area contributed by atoms with E-state index in [2.05, 4.69) is 16.4 Å². The predicted molar refractivity (Wildman–Crippen MR) is 61.6 cm³/mol. The average Bonchev–Trinajstić information content (AvgIpc) is 2.33. The van der Waals surface area contributed by atoms with E-state index >= 15 is 0 Å². The number of hydrogen-bond acceptors (Lipinski definition) is 3. The summed E-state index contributed by atoms with van der Waals surface area (Å²) in [5.74, 6) is -2.06. The zero-order chi connectivity index (χ0) is 12.3. The summed E-state index contributed by atoms with van der Waals surface area (Å²) in [5.41, 5.74) is -0.353. The highest BCUT2D eigenvalue weighted by Gasteiger charge is 2.17. The van der Waals surface area contributed by atoms with Gasteiger partial charge in [0, 0.05) is 12.2 Å². The lowest BCUT2D eigenvalue weighted by molar-refractivity contribution is 0.0692. The molecule has 0 bridgehead atoms. The first kappa shape index (κ1) is 11.6. The van der Waals surface area contributed by atoms with E-state index in [0.717, 1.165) is 25.3 Å². The first-order chi connectivity index (χ1) is 8.18. The van der Waals surface area contributed by atoms with Crippen LogP contribution in [0.25, 0.3) is 0 Å². The van der Waals surface area contributed by atoms with Crippen LogP contribution < -0.4 is 5.32 Å². The molecule has 1 aliphatic rings. The molecule has 4 nitrogen and oxygen atoms in total. The van der Waals surface area contributed by atoms with Crippen LogP contribution in [0.3, 0.4) is 0 Å². The van der Waals surface area contributed by atoms with Crippen LogP contribution in [0, 0.1) is 5.82 Å². The normalized spacial score (nSPS) is 19.0. The Morgan fingerprint density at radius 1 is 1.53 bits per heavy atom. The molecule has 0 saturated heterocycles. The van der Waals surface area contributed by atoms with E-state index in [1.807, 2.05) is 6.08 Å². The standard InChI is InChI=1S/C12H13FN2O2/c13-10-9(12(16)17)6-7-14-11(10)15-8-4-2-1-3-5-8/h1-2,6-8H,3-5H2,(H,14,15)(H,16,17). The van der Waals surface area contributed by atoms with Crippen molar-refractivity contribution >= 4 is 11.8 Å². The highest BCUT2D eigenvalue weighted by Crippen LogP contribution is 2.20. The summed E-state index contributed by atoms with van der Waals surface area (Å²) < 4.78 is 13.8. The Morgan fingerprint density at radius 3 is 3.00 bits per heavy atom. The maximum atomic E-state index is 13.8. The molecule has 17 heavy (non-hydrogen) atoms. The van der Waals surface area contributed by atoms with Crippen molar-refractivity contribution in [2.24, 2.45) is 0 Å². The number of rotatable bonds is 3. The number of aromatic nitrogens is 1. The van der Waals surface area contributed by atoms with E-state index in [1.165, 1.54) is 6.20 Å². The van der Waals surface area contributed by atoms with Crippen LogP contribution in [0.15, 0.2) is 24.4 Å². The quantitative estimate of drug-likeness (QED) is 0.791. The van der Waals surface area contributed by atoms with Crippen molar-refractivity contribution in [3.63, 3.8) is 0 Å². The van der Waals surface area contributed by atoms with Crippen molar-refractivity contribution in [1.29, 1.82) is 0 Å². The monoisotopic (exact) mass is 236 g/mol. The Bertz CT molecular complexity index is 460. The number of allylic oxidation sites excluding steroid dienone is 1. The molecule has 0 aliphatic heterocycles. The summed E-state index contributed by atoms with van der Waals surface area (Å²) >= 11 is 0. The average molecular weight is 236 g/mol. The lowest BCUT2D eigenvalue weighted by Crippen LogP contribution is -2.22. The zero-order valence-electron chi connectivity index (χ0n) is 9.19. The van der Waals surface area contributed by atoms with E-state index in [1.54, 1.807) is 0 Å². The summed E-state index contributed by atoms with van der Waals surface area (Å²) in [4.78, 5) is 14.6. The summed E-state index contributed by atoms with van der Waals surface area (Å²) in [6.07, 6.45) is 8.05. The largest absolute Gasteiger partial charge is 0.478 e. The zero-order valence-corrected chi connectivity index (χ0v) is 9.19. The summed E-state index contributed by atoms with van der Waals surface area (Å²) in [5, 5.41) is 11.7. The van der Waals surface area contributed by atoms with Gasteiger partial charge in [-0.05, 0) is 25.3 Å². The molecule has 0 saturated carbocycles. The SMILES string of the molecule is O=C(O)c1ccnc(NC2CC=CCC2)c1F. The number of carbonyl (C=O) groups is 1. The van der Waals surface area contributed by atoms with Crippen LogP contribution in [0.1, 0.15) is 29.6 Å². The first-order valence-electron chi connectivity index (χ1n) is 5.48. The Morgan fingerprint density at radius 2 is 2.35 bits per heavy atom. The second-order valence-corrected chi connectivity index (χ2v) is 3.95. The number of anilines is 1. The lowest BCUT2D eigenvalue weighted by Gasteiger charge is -2.20. The lowest BCUT2D eigenvalue weighted by atomic mass is 10.0. The third kappa shape index (κ3) is 2.61. The van der Waals surface area contributed by atoms with E-state index in [-0.39, 0.29) is 17.4 Å². The molecule has 90 valence electrons. The van der Waals surface area contributed by atoms with Crippen LogP contribution in [0.2, 0.25) is 0 Å². The number of carboxylic acids is 1. The number of carboxylic acid groups (broad SMARTS) is 1. The maximum absolute atomic E-state index is 13.8. The van der Waals surface area contributed by atoms with E-state index < -0.39 is 11.8 Å². The Hall–Kier alpha value is -1.91. The third-order valence-electron chi connectivity index (χ3n) is 2.73. The van der Waals surface area contributed by atoms with Gasteiger partial charge in [0.2, 0.25) is 0 Å². The van der Waals surface area contributed by atoms with Gasteiger partial charge in [0.25, 0.3) is 0 Å². The first-order valence-corrected chi connectivity index (χ1v) is 5.48. The fraction of sp³-hybridized carbons (Fsp3) is 0.333. The second kappa shape index (κ2) is 4.95. The minimum atomic E-state index is -1.28. The maximum Gasteiger partial charge on any atom is 0.338 e. The number of nitrogens with zero attached hydrogens (tertiary/aromatic N) is 1. The second-order valence-electron chi connectivity index (χ2n) is 3.95. The molecule has 1 aromatic rings. The Balaban J connectivity index is 2.18. The van der Waals surface area contributed by atoms with Crippen LogP contribution in [-0.4, -0.2) is 22.1 Å². The van der Waals surface area contributed by atoms with Crippen molar-refractivity contribution in [1.82, 2.24) is 4.98 Å². The van der Waals surface area contributed by atoms with Crippen molar-refractivity contribution in [3.8, 4) is 0 Å². The molecular weight excluding hydrogens is 223 g/mol. The van der Waals surface area contributed by atoms with Gasteiger partial charge in [0.15, 0.2) is 11.6 Å². The molecule has 2 rings (SSSR count). The van der Waals surface area contributed by atoms with Gasteiger partial charge < -0.3 is 10.4 Å². The fourth-order valence-corrected chi connectivity index (χ4v) is 1.83. The van der Waals surface area contributed by atoms with E-state index in [0.29, 0.717) is 0 Å². The molecular formula is C12H13FN2O2. The molecule has 0 radical (unpaired) electrons. The Labute approximate surface area is 98.2 Å². The number of aromatic carboxylic acids is 1. The van der Waals surface area contributed by atoms with Gasteiger partial charge in [0.05, 0.1) is 0 Å². The van der Waals surface area contributed by atoms with Crippen LogP contribution in [0.4, 0.5) is 10.2 Å². The van der Waals surface area contributed by atoms with Gasteiger partial charge in [-0.1, -0.05) is 12.2 Å². The van der Waals surface area contributed by atoms with Gasteiger partial charge in [-0.15, -0.1) is 0 Å². The van der Waals surface area contributed by atoms with Crippen molar-refractivity contribution in [2.45, 2.75) is 25.3 Å². The van der Waals surface area contributed by atoms with Crippen molar-refractivity contribution in [3.05, 3.63) is 35.8 Å². The van der Waals surface area contributed by atoms with E-state index in [4.69, 9.17) is 5.11 Å². The van der Waals surface area contributed by atoms with Crippen LogP contribution in [-0.2, 0) is 0 Å². The molecule has 1 aromatic heterocycles. The summed E-state index contributed by atoms with van der Waals surface area (Å²) in [6.45, 7) is 0. The fourth-order valence-electron chi connectivity index (χ4n) is 1.83. The predicted octanol–water partition coefficient (Wildman–Crippen LogP) is 2.44. The highest BCUT2D eigenvalue weighted by atomic mass is 19.1. The molecule has 2 N–H and O–H groups in total. The molecule has 5 heteroatoms. The highest BCUT2D eigenvalue weighted by molar-refractivity contribution is 5.88. The van der Waals surface area contributed by atoms with Crippen LogP contribution >= 0.6 is 0 Å². The van der Waals surface area contributed by atoms with Gasteiger partial charge in [0.1, 0.15) is 5.56 Å². The van der Waals surface area contributed by atoms with Gasteiger partial charge in [-0.25, -0.2) is 14.2 Å². The smallest absolute Gasteiger partial charge is 0.338 e. The van der Waals surface area contributed by atoms with Gasteiger partial charge in [-0.2, -0.15) is 0 Å². The van der Waals surface area contributed by atoms with Crippen LogP contribution in [0.5, 0.6) is 0 Å². The Kier molecular flexibility index (Phi) is 3.37. The minimum absolute atomic E-state index is 0.0187. The molecule has 0 aromatic carbocycles. The third-order valence-corrected chi connectivity index (χ3v) is 2.73. The number of nitrogens with one attached hydrogen (secondary N) is 1. The summed E-state index contributed by atoms with van der Waals surface area (Å²) in [7, 11) is 0. The topological polar surface area (TPSA) is 62.2 Å². The molecule has 0 amide bonds. The molecule has 1 aliphatic carbocycles. The van der Waals surface area contributed by atoms with E-state index in [9.17, 15) is 9.18 Å². The molecule has 0 fully saturated rings. The van der Waals surface area contributed by atoms with Crippen molar-refractivity contribution < 1.29 is 14.3 Å². The number of hydrogen-bond donors (Lipinski definition) is 2. The van der Waals surface area contributed by atoms with Gasteiger partial charge >= 0.3 is 5.97 Å². The molecule has 1 heterocycles. The molecule has 0 spiro atoms. The van der Waals surface area contributed by atoms with Crippen molar-refractivity contribution in [2.75, 3.05) is 5.32 Å². The number of pyridine rings is 1.